The maximum Gasteiger partial charge on any atom is 0.330 e. The lowest BCUT2D eigenvalue weighted by Gasteiger charge is -2.05. The van der Waals surface area contributed by atoms with Crippen molar-refractivity contribution in [3.8, 4) is 0 Å². The molecule has 0 fully saturated rings. The minimum atomic E-state index is -0.529. The lowest BCUT2D eigenvalue weighted by atomic mass is 10.1. The van der Waals surface area contributed by atoms with Crippen LogP contribution in [0.15, 0.2) is 48.7 Å². The van der Waals surface area contributed by atoms with Gasteiger partial charge >= 0.3 is 5.69 Å². The Morgan fingerprint density at radius 3 is 2.65 bits per heavy atom. The minimum Gasteiger partial charge on any atom is -0.378 e. The van der Waals surface area contributed by atoms with Crippen molar-refractivity contribution in [1.29, 1.82) is 0 Å². The molecule has 1 heterocycles. The van der Waals surface area contributed by atoms with Crippen LogP contribution in [0.5, 0.6) is 0 Å². The Labute approximate surface area is 114 Å². The monoisotopic (exact) mass is 268 g/mol. The maximum absolute atomic E-state index is 10.7. The van der Waals surface area contributed by atoms with Gasteiger partial charge in [-0.05, 0) is 22.4 Å². The molecule has 100 valence electrons. The first-order valence-electron chi connectivity index (χ1n) is 6.08. The molecule has 3 aromatic rings. The third-order valence-corrected chi connectivity index (χ3v) is 3.20. The van der Waals surface area contributed by atoms with Crippen LogP contribution in [0, 0.1) is 10.1 Å². The number of hydrogen-bond acceptors (Lipinski definition) is 4. The molecule has 0 aliphatic rings. The van der Waals surface area contributed by atoms with Crippen molar-refractivity contribution < 1.29 is 4.92 Å². The van der Waals surface area contributed by atoms with Gasteiger partial charge in [0.05, 0.1) is 11.5 Å². The van der Waals surface area contributed by atoms with Gasteiger partial charge in [-0.1, -0.05) is 36.4 Å². The van der Waals surface area contributed by atoms with Crippen LogP contribution in [-0.2, 0) is 6.54 Å². The Hall–Kier alpha value is -2.89. The van der Waals surface area contributed by atoms with Crippen LogP contribution in [0.25, 0.3) is 10.8 Å². The highest BCUT2D eigenvalue weighted by atomic mass is 16.6. The molecule has 0 unspecified atom stereocenters. The third-order valence-electron chi connectivity index (χ3n) is 3.20. The second kappa shape index (κ2) is 4.65. The average molecular weight is 268 g/mol. The molecular weight excluding hydrogens is 256 g/mol. The molecule has 0 radical (unpaired) electrons. The van der Waals surface area contributed by atoms with Gasteiger partial charge in [0, 0.05) is 0 Å². The number of nitrogen functional groups attached to an aromatic ring is 1. The van der Waals surface area contributed by atoms with Gasteiger partial charge in [0.1, 0.15) is 6.20 Å². The first-order chi connectivity index (χ1) is 9.65. The second-order valence-electron chi connectivity index (χ2n) is 4.51. The maximum atomic E-state index is 10.7. The number of nitrogens with two attached hydrogens (primary N) is 1. The lowest BCUT2D eigenvalue weighted by molar-refractivity contribution is -0.384. The molecule has 3 rings (SSSR count). The Bertz CT molecular complexity index is 795. The van der Waals surface area contributed by atoms with Crippen LogP contribution in [0.1, 0.15) is 5.56 Å². The minimum absolute atomic E-state index is 0.0724. The van der Waals surface area contributed by atoms with Gasteiger partial charge in [0.15, 0.2) is 0 Å². The van der Waals surface area contributed by atoms with Gasteiger partial charge in [-0.15, -0.1) is 0 Å². The first-order valence-corrected chi connectivity index (χ1v) is 6.08. The summed E-state index contributed by atoms with van der Waals surface area (Å²) in [5.41, 5.74) is 6.56. The van der Waals surface area contributed by atoms with Crippen LogP contribution < -0.4 is 5.73 Å². The highest BCUT2D eigenvalue weighted by Gasteiger charge is 2.17. The van der Waals surface area contributed by atoms with E-state index in [4.69, 9.17) is 5.73 Å². The summed E-state index contributed by atoms with van der Waals surface area (Å²) >= 11 is 0. The summed E-state index contributed by atoms with van der Waals surface area (Å²) in [5, 5.41) is 17.0. The number of rotatable bonds is 3. The normalized spacial score (nSPS) is 10.8. The van der Waals surface area contributed by atoms with Gasteiger partial charge < -0.3 is 5.73 Å². The third kappa shape index (κ3) is 2.07. The van der Waals surface area contributed by atoms with E-state index < -0.39 is 4.92 Å². The fourth-order valence-corrected chi connectivity index (χ4v) is 2.16. The van der Waals surface area contributed by atoms with Crippen molar-refractivity contribution in [2.45, 2.75) is 6.54 Å². The highest BCUT2D eigenvalue weighted by molar-refractivity contribution is 5.83. The molecule has 0 spiro atoms. The van der Waals surface area contributed by atoms with Gasteiger partial charge in [-0.2, -0.15) is 5.10 Å². The van der Waals surface area contributed by atoms with Gasteiger partial charge in [-0.25, -0.2) is 4.68 Å². The van der Waals surface area contributed by atoms with Crippen molar-refractivity contribution in [1.82, 2.24) is 9.78 Å². The quantitative estimate of drug-likeness (QED) is 0.584. The largest absolute Gasteiger partial charge is 0.378 e. The smallest absolute Gasteiger partial charge is 0.330 e. The predicted octanol–water partition coefficient (Wildman–Crippen LogP) is 2.58. The van der Waals surface area contributed by atoms with Crippen molar-refractivity contribution in [3.05, 3.63) is 64.3 Å². The van der Waals surface area contributed by atoms with Gasteiger partial charge in [-0.3, -0.25) is 10.1 Å². The number of fused-ring (bicyclic) bond motifs is 1. The molecule has 0 bridgehead atoms. The van der Waals surface area contributed by atoms with E-state index in [2.05, 4.69) is 5.10 Å². The summed E-state index contributed by atoms with van der Waals surface area (Å²) in [6.07, 6.45) is 1.18. The van der Waals surface area contributed by atoms with Crippen molar-refractivity contribution in [3.63, 3.8) is 0 Å². The molecule has 2 N–H and O–H groups in total. The van der Waals surface area contributed by atoms with E-state index in [1.807, 2.05) is 42.5 Å². The topological polar surface area (TPSA) is 87.0 Å². The fourth-order valence-electron chi connectivity index (χ4n) is 2.16. The molecule has 0 aliphatic heterocycles. The molecule has 20 heavy (non-hydrogen) atoms. The molecule has 0 saturated heterocycles. The standard InChI is InChI=1S/C14H12N4O2/c15-14-13(18(19)20)8-16-17(14)9-10-5-6-11-3-1-2-4-12(11)7-10/h1-8H,9,15H2. The fraction of sp³-hybridized carbons (Fsp3) is 0.0714. The summed E-state index contributed by atoms with van der Waals surface area (Å²) < 4.78 is 1.43. The molecule has 1 aromatic heterocycles. The van der Waals surface area contributed by atoms with Crippen LogP contribution in [0.4, 0.5) is 11.5 Å². The summed E-state index contributed by atoms with van der Waals surface area (Å²) in [5.74, 6) is 0.0724. The Morgan fingerprint density at radius 2 is 1.95 bits per heavy atom. The molecule has 2 aromatic carbocycles. The Kier molecular flexibility index (Phi) is 2.83. The molecule has 0 atom stereocenters. The van der Waals surface area contributed by atoms with Gasteiger partial charge in [0.2, 0.25) is 5.82 Å². The Morgan fingerprint density at radius 1 is 1.20 bits per heavy atom. The highest BCUT2D eigenvalue weighted by Crippen LogP contribution is 2.22. The SMILES string of the molecule is Nc1c([N+](=O)[O-])cnn1Cc1ccc2ccccc2c1. The van der Waals surface area contributed by atoms with E-state index in [0.717, 1.165) is 16.3 Å². The summed E-state index contributed by atoms with van der Waals surface area (Å²) in [4.78, 5) is 10.2. The van der Waals surface area contributed by atoms with E-state index in [0.29, 0.717) is 6.54 Å². The predicted molar refractivity (Wildman–Crippen MR) is 76.3 cm³/mol. The molecule has 6 nitrogen and oxygen atoms in total. The van der Waals surface area contributed by atoms with E-state index >= 15 is 0 Å². The Balaban J connectivity index is 1.95. The van der Waals surface area contributed by atoms with Crippen LogP contribution in [0.3, 0.4) is 0 Å². The zero-order valence-electron chi connectivity index (χ0n) is 10.6. The lowest BCUT2D eigenvalue weighted by Crippen LogP contribution is -2.06. The zero-order chi connectivity index (χ0) is 14.1. The first kappa shape index (κ1) is 12.2. The van der Waals surface area contributed by atoms with E-state index in [-0.39, 0.29) is 11.5 Å². The van der Waals surface area contributed by atoms with E-state index in [1.165, 1.54) is 10.9 Å². The number of nitro groups is 1. The number of nitrogens with zero attached hydrogens (tertiary/aromatic N) is 3. The molecule has 0 amide bonds. The van der Waals surface area contributed by atoms with E-state index in [9.17, 15) is 10.1 Å². The number of anilines is 1. The van der Waals surface area contributed by atoms with Gasteiger partial charge in [0.25, 0.3) is 0 Å². The van der Waals surface area contributed by atoms with Crippen molar-refractivity contribution in [2.75, 3.05) is 5.73 Å². The van der Waals surface area contributed by atoms with Crippen LogP contribution in [-0.4, -0.2) is 14.7 Å². The average Bonchev–Trinajstić information content (AvgIpc) is 2.80. The number of benzene rings is 2. The number of aromatic nitrogens is 2. The molecular formula is C14H12N4O2. The van der Waals surface area contributed by atoms with Crippen molar-refractivity contribution >= 4 is 22.3 Å². The summed E-state index contributed by atoms with van der Waals surface area (Å²) in [6.45, 7) is 0.407. The summed E-state index contributed by atoms with van der Waals surface area (Å²) in [7, 11) is 0. The van der Waals surface area contributed by atoms with E-state index in [1.54, 1.807) is 0 Å². The molecule has 6 heteroatoms. The molecule has 0 aliphatic carbocycles. The molecule has 0 saturated carbocycles. The zero-order valence-corrected chi connectivity index (χ0v) is 10.6. The number of hydrogen-bond donors (Lipinski definition) is 1. The van der Waals surface area contributed by atoms with Crippen molar-refractivity contribution in [2.24, 2.45) is 0 Å². The van der Waals surface area contributed by atoms with Crippen LogP contribution in [0.2, 0.25) is 0 Å². The second-order valence-corrected chi connectivity index (χ2v) is 4.51. The summed E-state index contributed by atoms with van der Waals surface area (Å²) in [6, 6.07) is 14.0. The van der Waals surface area contributed by atoms with Crippen LogP contribution >= 0.6 is 0 Å².